The molecule has 0 bridgehead atoms. The van der Waals surface area contributed by atoms with E-state index in [1.165, 1.54) is 5.56 Å². The highest BCUT2D eigenvalue weighted by Gasteiger charge is 2.46. The molecule has 1 aromatic carbocycles. The average Bonchev–Trinajstić information content (AvgIpc) is 2.83. The number of ether oxygens (including phenoxy) is 1. The fraction of sp³-hybridized carbons (Fsp3) is 0.556. The summed E-state index contributed by atoms with van der Waals surface area (Å²) in [5.41, 5.74) is 0.817. The summed E-state index contributed by atoms with van der Waals surface area (Å²) in [7, 11) is 1.76. The molecule has 0 saturated carbocycles. The minimum Gasteiger partial charge on any atom is -0.441 e. The molecular formula is C18H23ClN2O3. The number of hydrogen-bond acceptors (Lipinski definition) is 3. The summed E-state index contributed by atoms with van der Waals surface area (Å²) >= 11 is 5.87. The normalized spacial score (nSPS) is 19.7. The third-order valence-corrected chi connectivity index (χ3v) is 5.19. The van der Waals surface area contributed by atoms with Crippen LogP contribution < -0.4 is 0 Å². The quantitative estimate of drug-likeness (QED) is 0.838. The molecular weight excluding hydrogens is 328 g/mol. The Hall–Kier alpha value is -1.75. The Bertz CT molecular complexity index is 609. The van der Waals surface area contributed by atoms with Crippen molar-refractivity contribution in [2.24, 2.45) is 0 Å². The number of aryl methyl sites for hydroxylation is 1. The molecule has 0 radical (unpaired) electrons. The van der Waals surface area contributed by atoms with Gasteiger partial charge in [-0.15, -0.1) is 0 Å². The second kappa shape index (κ2) is 7.01. The van der Waals surface area contributed by atoms with E-state index in [9.17, 15) is 9.59 Å². The van der Waals surface area contributed by atoms with Crippen LogP contribution in [0.2, 0.25) is 5.02 Å². The number of carbonyl (C=O) groups is 2. The van der Waals surface area contributed by atoms with Gasteiger partial charge in [0.25, 0.3) is 0 Å². The molecule has 6 heteroatoms. The van der Waals surface area contributed by atoms with Gasteiger partial charge >= 0.3 is 6.09 Å². The van der Waals surface area contributed by atoms with Crippen molar-refractivity contribution in [2.45, 2.75) is 37.7 Å². The lowest BCUT2D eigenvalue weighted by atomic mass is 9.91. The van der Waals surface area contributed by atoms with Crippen molar-refractivity contribution in [1.29, 1.82) is 0 Å². The maximum Gasteiger partial charge on any atom is 0.410 e. The fourth-order valence-corrected chi connectivity index (χ4v) is 3.59. The first-order chi connectivity index (χ1) is 11.5. The lowest BCUT2D eigenvalue weighted by Crippen LogP contribution is -2.48. The maximum atomic E-state index is 12.4. The molecule has 0 N–H and O–H groups in total. The number of hydrogen-bond donors (Lipinski definition) is 0. The molecule has 1 spiro atoms. The van der Waals surface area contributed by atoms with Crippen molar-refractivity contribution >= 4 is 23.6 Å². The van der Waals surface area contributed by atoms with E-state index in [0.29, 0.717) is 26.1 Å². The van der Waals surface area contributed by atoms with Crippen LogP contribution in [0.4, 0.5) is 4.79 Å². The van der Waals surface area contributed by atoms with Crippen molar-refractivity contribution in [2.75, 3.05) is 26.7 Å². The van der Waals surface area contributed by atoms with Crippen molar-refractivity contribution in [3.63, 3.8) is 0 Å². The molecule has 3 rings (SSSR count). The Morgan fingerprint density at radius 2 is 1.92 bits per heavy atom. The number of halogens is 1. The smallest absolute Gasteiger partial charge is 0.410 e. The molecule has 1 aromatic rings. The van der Waals surface area contributed by atoms with Gasteiger partial charge in [-0.3, -0.25) is 4.79 Å². The second-order valence-electron chi connectivity index (χ2n) is 6.77. The van der Waals surface area contributed by atoms with E-state index in [2.05, 4.69) is 0 Å². The van der Waals surface area contributed by atoms with Gasteiger partial charge in [0.2, 0.25) is 5.91 Å². The zero-order chi connectivity index (χ0) is 17.2. The van der Waals surface area contributed by atoms with Gasteiger partial charge in [0.15, 0.2) is 0 Å². The molecule has 2 aliphatic rings. The SMILES string of the molecule is CN1CC2(CCN(C(=O)CCCc3ccc(Cl)cc3)CC2)OC1=O. The molecule has 130 valence electrons. The summed E-state index contributed by atoms with van der Waals surface area (Å²) < 4.78 is 5.52. The van der Waals surface area contributed by atoms with Gasteiger partial charge in [-0.05, 0) is 30.5 Å². The summed E-state index contributed by atoms with van der Waals surface area (Å²) in [4.78, 5) is 27.5. The van der Waals surface area contributed by atoms with Gasteiger partial charge in [0, 0.05) is 44.4 Å². The Labute approximate surface area is 147 Å². The number of likely N-dealkylation sites (tertiary alicyclic amines) is 1. The van der Waals surface area contributed by atoms with Crippen LogP contribution in [0.3, 0.4) is 0 Å². The van der Waals surface area contributed by atoms with Crippen LogP contribution in [-0.2, 0) is 16.0 Å². The summed E-state index contributed by atoms with van der Waals surface area (Å²) in [6.07, 6.45) is 3.47. The highest BCUT2D eigenvalue weighted by molar-refractivity contribution is 6.30. The number of benzene rings is 1. The number of nitrogens with zero attached hydrogens (tertiary/aromatic N) is 2. The van der Waals surface area contributed by atoms with Crippen LogP contribution in [0.1, 0.15) is 31.2 Å². The molecule has 2 fully saturated rings. The first kappa shape index (κ1) is 17.1. The Morgan fingerprint density at radius 3 is 2.50 bits per heavy atom. The van der Waals surface area contributed by atoms with E-state index in [-0.39, 0.29) is 17.6 Å². The molecule has 2 amide bonds. The zero-order valence-electron chi connectivity index (χ0n) is 14.0. The monoisotopic (exact) mass is 350 g/mol. The van der Waals surface area contributed by atoms with Gasteiger partial charge in [-0.1, -0.05) is 23.7 Å². The van der Waals surface area contributed by atoms with E-state index >= 15 is 0 Å². The van der Waals surface area contributed by atoms with E-state index in [0.717, 1.165) is 30.7 Å². The second-order valence-corrected chi connectivity index (χ2v) is 7.20. The van der Waals surface area contributed by atoms with Gasteiger partial charge in [-0.2, -0.15) is 0 Å². The summed E-state index contributed by atoms with van der Waals surface area (Å²) in [6, 6.07) is 7.76. The number of amides is 2. The van der Waals surface area contributed by atoms with E-state index < -0.39 is 0 Å². The number of piperidine rings is 1. The van der Waals surface area contributed by atoms with Crippen molar-refractivity contribution in [1.82, 2.24) is 9.80 Å². The topological polar surface area (TPSA) is 49.9 Å². The number of likely N-dealkylation sites (N-methyl/N-ethyl adjacent to an activating group) is 1. The van der Waals surface area contributed by atoms with E-state index in [1.807, 2.05) is 29.2 Å². The van der Waals surface area contributed by atoms with Crippen LogP contribution >= 0.6 is 11.6 Å². The van der Waals surface area contributed by atoms with Gasteiger partial charge in [0.05, 0.1) is 6.54 Å². The molecule has 0 unspecified atom stereocenters. The van der Waals surface area contributed by atoms with Crippen LogP contribution in [-0.4, -0.2) is 54.1 Å². The van der Waals surface area contributed by atoms with Crippen molar-refractivity contribution in [3.8, 4) is 0 Å². The summed E-state index contributed by atoms with van der Waals surface area (Å²) in [5, 5.41) is 0.732. The first-order valence-electron chi connectivity index (χ1n) is 8.44. The number of carbonyl (C=O) groups excluding carboxylic acids is 2. The molecule has 0 aromatic heterocycles. The van der Waals surface area contributed by atoms with Crippen molar-refractivity contribution in [3.05, 3.63) is 34.9 Å². The predicted molar refractivity (Wildman–Crippen MR) is 92.0 cm³/mol. The molecule has 5 nitrogen and oxygen atoms in total. The zero-order valence-corrected chi connectivity index (χ0v) is 14.7. The van der Waals surface area contributed by atoms with Gasteiger partial charge < -0.3 is 14.5 Å². The van der Waals surface area contributed by atoms with Crippen LogP contribution in [0.15, 0.2) is 24.3 Å². The minimum atomic E-state index is -0.383. The molecule has 0 atom stereocenters. The van der Waals surface area contributed by atoms with E-state index in [4.69, 9.17) is 16.3 Å². The molecule has 2 heterocycles. The van der Waals surface area contributed by atoms with Gasteiger partial charge in [-0.25, -0.2) is 4.79 Å². The predicted octanol–water partition coefficient (Wildman–Crippen LogP) is 3.11. The third-order valence-electron chi connectivity index (χ3n) is 4.94. The standard InChI is InChI=1S/C18H23ClN2O3/c1-20-13-18(24-17(20)23)9-11-21(12-10-18)16(22)4-2-3-14-5-7-15(19)8-6-14/h5-8H,2-4,9-13H2,1H3. The maximum absolute atomic E-state index is 12.4. The minimum absolute atomic E-state index is 0.191. The third kappa shape index (κ3) is 3.83. The first-order valence-corrected chi connectivity index (χ1v) is 8.82. The number of rotatable bonds is 4. The fourth-order valence-electron chi connectivity index (χ4n) is 3.47. The average molecular weight is 351 g/mol. The molecule has 0 aliphatic carbocycles. The van der Waals surface area contributed by atoms with Crippen LogP contribution in [0.25, 0.3) is 0 Å². The summed E-state index contributed by atoms with van der Waals surface area (Å²) in [5.74, 6) is 0.191. The summed E-state index contributed by atoms with van der Waals surface area (Å²) in [6.45, 7) is 1.96. The lowest BCUT2D eigenvalue weighted by Gasteiger charge is -2.37. The Kier molecular flexibility index (Phi) is 4.99. The highest BCUT2D eigenvalue weighted by Crippen LogP contribution is 2.32. The Balaban J connectivity index is 1.42. The van der Waals surface area contributed by atoms with Crippen molar-refractivity contribution < 1.29 is 14.3 Å². The Morgan fingerprint density at radius 1 is 1.25 bits per heavy atom. The van der Waals surface area contributed by atoms with Gasteiger partial charge in [0.1, 0.15) is 5.60 Å². The van der Waals surface area contributed by atoms with Crippen LogP contribution in [0, 0.1) is 0 Å². The highest BCUT2D eigenvalue weighted by atomic mass is 35.5. The lowest BCUT2D eigenvalue weighted by molar-refractivity contribution is -0.134. The largest absolute Gasteiger partial charge is 0.441 e. The molecule has 2 aliphatic heterocycles. The molecule has 24 heavy (non-hydrogen) atoms. The van der Waals surface area contributed by atoms with Crippen LogP contribution in [0.5, 0.6) is 0 Å². The molecule has 2 saturated heterocycles. The van der Waals surface area contributed by atoms with E-state index in [1.54, 1.807) is 11.9 Å².